The third-order valence-corrected chi connectivity index (χ3v) is 11.9. The van der Waals surface area contributed by atoms with Crippen molar-refractivity contribution in [2.24, 2.45) is 0 Å². The predicted octanol–water partition coefficient (Wildman–Crippen LogP) is 3.45. The van der Waals surface area contributed by atoms with E-state index in [1.165, 1.54) is 41.2 Å². The zero-order valence-electron chi connectivity index (χ0n) is 13.8. The summed E-state index contributed by atoms with van der Waals surface area (Å²) in [5.41, 5.74) is 2.40. The lowest BCUT2D eigenvalue weighted by Crippen LogP contribution is -2.54. The maximum Gasteiger partial charge on any atom is 0.0718 e. The maximum absolute atomic E-state index is 3.92. The van der Waals surface area contributed by atoms with Gasteiger partial charge in [0.05, 0.1) is 8.07 Å². The Kier molecular flexibility index (Phi) is 9.17. The van der Waals surface area contributed by atoms with Crippen molar-refractivity contribution in [3.63, 3.8) is 0 Å². The molecule has 1 N–H and O–H groups in total. The Morgan fingerprint density at radius 1 is 1.06 bits per heavy atom. The van der Waals surface area contributed by atoms with Crippen LogP contribution in [0.3, 0.4) is 0 Å². The molecule has 0 aliphatic rings. The minimum absolute atomic E-state index is 0.818. The van der Waals surface area contributed by atoms with Crippen molar-refractivity contribution in [1.82, 2.24) is 5.32 Å². The van der Waals surface area contributed by atoms with Gasteiger partial charge in [-0.25, -0.2) is 0 Å². The van der Waals surface area contributed by atoms with Crippen LogP contribution in [0, 0.1) is 0 Å². The van der Waals surface area contributed by atoms with Gasteiger partial charge in [0.25, 0.3) is 0 Å². The van der Waals surface area contributed by atoms with E-state index in [9.17, 15) is 0 Å². The molecule has 0 radical (unpaired) electrons. The third kappa shape index (κ3) is 5.02. The molecule has 3 heteroatoms. The first kappa shape index (κ1) is 18.1. The van der Waals surface area contributed by atoms with Gasteiger partial charge in [0.1, 0.15) is 0 Å². The van der Waals surface area contributed by atoms with Gasteiger partial charge in [-0.1, -0.05) is 63.0 Å². The molecule has 18 heavy (non-hydrogen) atoms. The second-order valence-electron chi connectivity index (χ2n) is 5.93. The molecular weight excluding hydrogens is 250 g/mol. The van der Waals surface area contributed by atoms with Crippen molar-refractivity contribution in [3.05, 3.63) is 10.8 Å². The lowest BCUT2D eigenvalue weighted by Gasteiger charge is -2.38. The van der Waals surface area contributed by atoms with Gasteiger partial charge in [-0.3, -0.25) is 0 Å². The minimum atomic E-state index is -1.09. The van der Waals surface area contributed by atoms with E-state index in [2.05, 4.69) is 46.9 Å². The SMILES string of the molecule is CCCC(NCC(C)=C(C)[SiH3])[Si](CC)(CC)CC. The second-order valence-corrected chi connectivity index (χ2v) is 13.0. The molecule has 1 nitrogen and oxygen atoms in total. The number of allylic oxidation sites excluding steroid dienone is 1. The highest BCUT2D eigenvalue weighted by atomic mass is 28.3. The minimum Gasteiger partial charge on any atom is -0.313 e. The summed E-state index contributed by atoms with van der Waals surface area (Å²) in [7, 11) is 0.117. The number of hydrogen-bond donors (Lipinski definition) is 1. The van der Waals surface area contributed by atoms with Crippen LogP contribution in [0.15, 0.2) is 10.8 Å². The standard InChI is InChI=1S/C15H35NSi2/c1-7-11-15(16-12-13(5)14(6)17)18(8-2,9-3)10-4/h15-16H,7-12H2,1-6,17H3. The highest BCUT2D eigenvalue weighted by molar-refractivity contribution is 6.81. The van der Waals surface area contributed by atoms with Crippen LogP contribution < -0.4 is 5.32 Å². The van der Waals surface area contributed by atoms with E-state index >= 15 is 0 Å². The Morgan fingerprint density at radius 3 is 1.89 bits per heavy atom. The topological polar surface area (TPSA) is 12.0 Å². The van der Waals surface area contributed by atoms with Gasteiger partial charge < -0.3 is 5.32 Å². The van der Waals surface area contributed by atoms with Crippen LogP contribution in [0.1, 0.15) is 54.4 Å². The van der Waals surface area contributed by atoms with Crippen molar-refractivity contribution >= 4 is 18.3 Å². The maximum atomic E-state index is 3.92. The molecule has 0 saturated carbocycles. The lowest BCUT2D eigenvalue weighted by molar-refractivity contribution is 0.589. The Bertz CT molecular complexity index is 245. The van der Waals surface area contributed by atoms with Crippen LogP contribution in [0.4, 0.5) is 0 Å². The number of rotatable bonds is 9. The quantitative estimate of drug-likeness (QED) is 0.640. The molecule has 0 aromatic rings. The molecule has 0 saturated heterocycles. The van der Waals surface area contributed by atoms with Gasteiger partial charge in [-0.2, -0.15) is 0 Å². The highest BCUT2D eigenvalue weighted by Gasteiger charge is 2.35. The van der Waals surface area contributed by atoms with Crippen LogP contribution >= 0.6 is 0 Å². The van der Waals surface area contributed by atoms with Crippen molar-refractivity contribution < 1.29 is 0 Å². The molecule has 1 atom stereocenters. The van der Waals surface area contributed by atoms with Crippen molar-refractivity contribution in [1.29, 1.82) is 0 Å². The summed E-state index contributed by atoms with van der Waals surface area (Å²) in [6.45, 7) is 15.3. The molecule has 0 rings (SSSR count). The first-order valence-electron chi connectivity index (χ1n) is 7.83. The molecule has 0 aliphatic carbocycles. The number of nitrogens with one attached hydrogen (secondary N) is 1. The average Bonchev–Trinajstić information content (AvgIpc) is 2.37. The van der Waals surface area contributed by atoms with Crippen LogP contribution in [0.5, 0.6) is 0 Å². The molecular formula is C15H35NSi2. The van der Waals surface area contributed by atoms with Crippen LogP contribution in [-0.4, -0.2) is 30.5 Å². The molecule has 0 aromatic heterocycles. The average molecular weight is 286 g/mol. The summed E-state index contributed by atoms with van der Waals surface area (Å²) in [6, 6.07) is 4.29. The molecule has 0 bridgehead atoms. The van der Waals surface area contributed by atoms with Crippen molar-refractivity contribution in [2.45, 2.75) is 78.2 Å². The Balaban J connectivity index is 4.78. The fraction of sp³-hybridized carbons (Fsp3) is 0.867. The molecule has 108 valence electrons. The Morgan fingerprint density at radius 2 is 1.56 bits per heavy atom. The normalized spacial score (nSPS) is 15.7. The van der Waals surface area contributed by atoms with Gasteiger partial charge in [-0.05, 0) is 20.3 Å². The zero-order valence-corrected chi connectivity index (χ0v) is 16.8. The molecule has 0 heterocycles. The molecule has 0 spiro atoms. The van der Waals surface area contributed by atoms with E-state index in [-0.39, 0.29) is 0 Å². The van der Waals surface area contributed by atoms with Crippen LogP contribution in [0.25, 0.3) is 0 Å². The fourth-order valence-electron chi connectivity index (χ4n) is 2.86. The highest BCUT2D eigenvalue weighted by Crippen LogP contribution is 2.27. The zero-order chi connectivity index (χ0) is 14.2. The monoisotopic (exact) mass is 285 g/mol. The fourth-order valence-corrected chi connectivity index (χ4v) is 7.45. The summed E-state index contributed by atoms with van der Waals surface area (Å²) in [5.74, 6) is 0. The van der Waals surface area contributed by atoms with E-state index in [1.807, 2.05) is 0 Å². The Labute approximate surface area is 119 Å². The van der Waals surface area contributed by atoms with Gasteiger partial charge in [0, 0.05) is 22.5 Å². The smallest absolute Gasteiger partial charge is 0.0718 e. The summed E-state index contributed by atoms with van der Waals surface area (Å²) in [6.07, 6.45) is 2.68. The summed E-state index contributed by atoms with van der Waals surface area (Å²) in [4.78, 5) is 0. The van der Waals surface area contributed by atoms with Gasteiger partial charge >= 0.3 is 0 Å². The second kappa shape index (κ2) is 9.10. The Hall–Kier alpha value is 0.134. The molecule has 0 aliphatic heterocycles. The summed E-state index contributed by atoms with van der Waals surface area (Å²) < 4.78 is 0. The molecule has 1 unspecified atom stereocenters. The van der Waals surface area contributed by atoms with Crippen LogP contribution in [0.2, 0.25) is 18.1 Å². The lowest BCUT2D eigenvalue weighted by atomic mass is 10.2. The van der Waals surface area contributed by atoms with E-state index in [1.54, 1.807) is 10.8 Å². The van der Waals surface area contributed by atoms with Crippen LogP contribution in [-0.2, 0) is 0 Å². The largest absolute Gasteiger partial charge is 0.313 e. The van der Waals surface area contributed by atoms with Gasteiger partial charge in [0.15, 0.2) is 0 Å². The van der Waals surface area contributed by atoms with E-state index in [4.69, 9.17) is 0 Å². The molecule has 0 fully saturated rings. The van der Waals surface area contributed by atoms with E-state index in [0.717, 1.165) is 12.2 Å². The van der Waals surface area contributed by atoms with Gasteiger partial charge in [-0.15, -0.1) is 0 Å². The summed E-state index contributed by atoms with van der Waals surface area (Å²) in [5, 5.41) is 5.53. The third-order valence-electron chi connectivity index (χ3n) is 4.90. The summed E-state index contributed by atoms with van der Waals surface area (Å²) >= 11 is 0. The first-order chi connectivity index (χ1) is 8.47. The van der Waals surface area contributed by atoms with Crippen molar-refractivity contribution in [2.75, 3.05) is 6.54 Å². The van der Waals surface area contributed by atoms with E-state index < -0.39 is 8.07 Å². The van der Waals surface area contributed by atoms with Crippen molar-refractivity contribution in [3.8, 4) is 0 Å². The van der Waals surface area contributed by atoms with Gasteiger partial charge in [0.2, 0.25) is 0 Å². The first-order valence-corrected chi connectivity index (χ1v) is 11.5. The molecule has 0 amide bonds. The van der Waals surface area contributed by atoms with E-state index in [0.29, 0.717) is 0 Å². The number of hydrogen-bond acceptors (Lipinski definition) is 1. The predicted molar refractivity (Wildman–Crippen MR) is 92.2 cm³/mol. The molecule has 0 aromatic carbocycles.